The molecule has 0 amide bonds. The highest BCUT2D eigenvalue weighted by atomic mass is 32.1. The molecule has 1 aromatic rings. The van der Waals surface area contributed by atoms with Crippen molar-refractivity contribution in [1.82, 2.24) is 10.2 Å². The molecule has 0 atom stereocenters. The van der Waals surface area contributed by atoms with Gasteiger partial charge in [0, 0.05) is 22.8 Å². The van der Waals surface area contributed by atoms with E-state index in [1.807, 2.05) is 11.3 Å². The van der Waals surface area contributed by atoms with E-state index in [-0.39, 0.29) is 0 Å². The van der Waals surface area contributed by atoms with Crippen LogP contribution < -0.4 is 5.32 Å². The molecule has 0 fully saturated rings. The molecule has 0 bridgehead atoms. The van der Waals surface area contributed by atoms with Crippen LogP contribution >= 0.6 is 11.3 Å². The predicted molar refractivity (Wildman–Crippen MR) is 86.7 cm³/mol. The van der Waals surface area contributed by atoms with Crippen molar-refractivity contribution in [2.75, 3.05) is 19.6 Å². The first kappa shape index (κ1) is 16.7. The second kappa shape index (κ2) is 9.51. The van der Waals surface area contributed by atoms with Crippen molar-refractivity contribution in [2.24, 2.45) is 5.92 Å². The third-order valence-electron chi connectivity index (χ3n) is 3.22. The van der Waals surface area contributed by atoms with E-state index in [0.29, 0.717) is 0 Å². The van der Waals surface area contributed by atoms with Crippen molar-refractivity contribution in [1.29, 1.82) is 0 Å². The Morgan fingerprint density at radius 1 is 1.21 bits per heavy atom. The fourth-order valence-corrected chi connectivity index (χ4v) is 3.07. The summed E-state index contributed by atoms with van der Waals surface area (Å²) >= 11 is 1.96. The summed E-state index contributed by atoms with van der Waals surface area (Å²) in [5.41, 5.74) is 0. The summed E-state index contributed by atoms with van der Waals surface area (Å²) in [6.45, 7) is 14.6. The van der Waals surface area contributed by atoms with Crippen LogP contribution in [0.1, 0.15) is 50.3 Å². The zero-order valence-electron chi connectivity index (χ0n) is 13.0. The highest BCUT2D eigenvalue weighted by molar-refractivity contribution is 7.11. The zero-order chi connectivity index (χ0) is 14.1. The molecule has 0 saturated carbocycles. The lowest BCUT2D eigenvalue weighted by Crippen LogP contribution is -2.23. The molecule has 0 aliphatic carbocycles. The van der Waals surface area contributed by atoms with Gasteiger partial charge in [-0.2, -0.15) is 0 Å². The molecular weight excluding hydrogens is 252 g/mol. The maximum Gasteiger partial charge on any atom is 0.0327 e. The summed E-state index contributed by atoms with van der Waals surface area (Å²) in [7, 11) is 0. The SMILES string of the molecule is CCCCN(CC)Cc1ccc(CNCC(C)C)s1. The molecule has 0 aliphatic heterocycles. The van der Waals surface area contributed by atoms with Gasteiger partial charge in [0.2, 0.25) is 0 Å². The molecule has 0 aliphatic rings. The van der Waals surface area contributed by atoms with E-state index < -0.39 is 0 Å². The van der Waals surface area contributed by atoms with E-state index in [1.54, 1.807) is 0 Å². The van der Waals surface area contributed by atoms with Gasteiger partial charge < -0.3 is 5.32 Å². The lowest BCUT2D eigenvalue weighted by molar-refractivity contribution is 0.278. The van der Waals surface area contributed by atoms with Crippen molar-refractivity contribution >= 4 is 11.3 Å². The van der Waals surface area contributed by atoms with Crippen LogP contribution in [0.5, 0.6) is 0 Å². The first-order valence-corrected chi connectivity index (χ1v) is 8.48. The van der Waals surface area contributed by atoms with Crippen LogP contribution in [0.15, 0.2) is 12.1 Å². The molecule has 0 aromatic carbocycles. The number of thiophene rings is 1. The van der Waals surface area contributed by atoms with E-state index in [2.05, 4.69) is 50.0 Å². The van der Waals surface area contributed by atoms with Gasteiger partial charge in [-0.15, -0.1) is 11.3 Å². The van der Waals surface area contributed by atoms with Crippen LogP contribution in [0.25, 0.3) is 0 Å². The monoisotopic (exact) mass is 282 g/mol. The van der Waals surface area contributed by atoms with Crippen molar-refractivity contribution in [2.45, 2.75) is 53.6 Å². The molecule has 0 radical (unpaired) electrons. The molecule has 19 heavy (non-hydrogen) atoms. The molecule has 1 rings (SSSR count). The Balaban J connectivity index is 2.36. The van der Waals surface area contributed by atoms with Crippen molar-refractivity contribution < 1.29 is 0 Å². The molecule has 1 aromatic heterocycles. The summed E-state index contributed by atoms with van der Waals surface area (Å²) in [5, 5.41) is 3.51. The van der Waals surface area contributed by atoms with E-state index in [4.69, 9.17) is 0 Å². The van der Waals surface area contributed by atoms with Crippen LogP contribution in [0, 0.1) is 5.92 Å². The van der Waals surface area contributed by atoms with E-state index in [0.717, 1.165) is 32.1 Å². The molecule has 2 nitrogen and oxygen atoms in total. The summed E-state index contributed by atoms with van der Waals surface area (Å²) in [6.07, 6.45) is 2.59. The lowest BCUT2D eigenvalue weighted by atomic mass is 10.2. The number of hydrogen-bond acceptors (Lipinski definition) is 3. The lowest BCUT2D eigenvalue weighted by Gasteiger charge is -2.18. The average Bonchev–Trinajstić information content (AvgIpc) is 2.81. The molecule has 1 heterocycles. The summed E-state index contributed by atoms with van der Waals surface area (Å²) in [5.74, 6) is 0.726. The molecule has 1 N–H and O–H groups in total. The first-order valence-electron chi connectivity index (χ1n) is 7.66. The van der Waals surface area contributed by atoms with Crippen LogP contribution in [-0.4, -0.2) is 24.5 Å². The third-order valence-corrected chi connectivity index (χ3v) is 4.29. The Morgan fingerprint density at radius 2 is 1.95 bits per heavy atom. The van der Waals surface area contributed by atoms with Gasteiger partial charge in [-0.25, -0.2) is 0 Å². The molecule has 0 saturated heterocycles. The fourth-order valence-electron chi connectivity index (χ4n) is 2.04. The number of hydrogen-bond donors (Lipinski definition) is 1. The molecule has 0 spiro atoms. The number of nitrogens with one attached hydrogen (secondary N) is 1. The predicted octanol–water partition coefficient (Wildman–Crippen LogP) is 4.12. The fraction of sp³-hybridized carbons (Fsp3) is 0.750. The van der Waals surface area contributed by atoms with E-state index >= 15 is 0 Å². The average molecular weight is 282 g/mol. The summed E-state index contributed by atoms with van der Waals surface area (Å²) in [6, 6.07) is 4.58. The zero-order valence-corrected chi connectivity index (χ0v) is 13.9. The Hall–Kier alpha value is -0.380. The normalized spacial score (nSPS) is 11.7. The largest absolute Gasteiger partial charge is 0.312 e. The smallest absolute Gasteiger partial charge is 0.0327 e. The minimum atomic E-state index is 0.726. The Bertz CT molecular complexity index is 333. The first-order chi connectivity index (χ1) is 9.15. The van der Waals surface area contributed by atoms with Gasteiger partial charge in [0.1, 0.15) is 0 Å². The third kappa shape index (κ3) is 7.09. The Morgan fingerprint density at radius 3 is 2.58 bits per heavy atom. The Labute approximate surface area is 123 Å². The van der Waals surface area contributed by atoms with Crippen LogP contribution in [0.4, 0.5) is 0 Å². The van der Waals surface area contributed by atoms with Crippen LogP contribution in [-0.2, 0) is 13.1 Å². The minimum Gasteiger partial charge on any atom is -0.312 e. The summed E-state index contributed by atoms with van der Waals surface area (Å²) < 4.78 is 0. The standard InChI is InChI=1S/C16H30N2S/c1-5-7-10-18(6-2)13-16-9-8-15(19-16)12-17-11-14(3)4/h8-9,14,17H,5-7,10-13H2,1-4H3. The highest BCUT2D eigenvalue weighted by Gasteiger charge is 2.06. The van der Waals surface area contributed by atoms with Gasteiger partial charge >= 0.3 is 0 Å². The second-order valence-corrected chi connectivity index (χ2v) is 6.87. The number of rotatable bonds is 10. The van der Waals surface area contributed by atoms with Gasteiger partial charge in [0.25, 0.3) is 0 Å². The van der Waals surface area contributed by atoms with Gasteiger partial charge in [0.15, 0.2) is 0 Å². The minimum absolute atomic E-state index is 0.726. The van der Waals surface area contributed by atoms with Gasteiger partial charge in [0.05, 0.1) is 0 Å². The van der Waals surface area contributed by atoms with E-state index in [1.165, 1.54) is 29.1 Å². The molecular formula is C16H30N2S. The Kier molecular flexibility index (Phi) is 8.35. The van der Waals surface area contributed by atoms with Crippen LogP contribution in [0.3, 0.4) is 0 Å². The van der Waals surface area contributed by atoms with E-state index in [9.17, 15) is 0 Å². The van der Waals surface area contributed by atoms with Crippen molar-refractivity contribution in [3.8, 4) is 0 Å². The van der Waals surface area contributed by atoms with Crippen molar-refractivity contribution in [3.05, 3.63) is 21.9 Å². The maximum atomic E-state index is 3.51. The van der Waals surface area contributed by atoms with Crippen molar-refractivity contribution in [3.63, 3.8) is 0 Å². The quantitative estimate of drug-likeness (QED) is 0.694. The van der Waals surface area contributed by atoms with Gasteiger partial charge in [-0.1, -0.05) is 34.1 Å². The molecule has 110 valence electrons. The molecule has 3 heteroatoms. The highest BCUT2D eigenvalue weighted by Crippen LogP contribution is 2.18. The summed E-state index contributed by atoms with van der Waals surface area (Å²) in [4.78, 5) is 5.50. The molecule has 0 unspecified atom stereocenters. The number of nitrogens with zero attached hydrogens (tertiary/aromatic N) is 1. The van der Waals surface area contributed by atoms with Crippen LogP contribution in [0.2, 0.25) is 0 Å². The maximum absolute atomic E-state index is 3.51. The second-order valence-electron chi connectivity index (χ2n) is 5.62. The number of unbranched alkanes of at least 4 members (excludes halogenated alkanes) is 1. The topological polar surface area (TPSA) is 15.3 Å². The van der Waals surface area contributed by atoms with Gasteiger partial charge in [-0.3, -0.25) is 4.90 Å². The van der Waals surface area contributed by atoms with Gasteiger partial charge in [-0.05, 0) is 44.1 Å².